The van der Waals surface area contributed by atoms with Crippen molar-refractivity contribution in [1.82, 2.24) is 5.43 Å². The van der Waals surface area contributed by atoms with Gasteiger partial charge in [-0.25, -0.2) is 5.01 Å². The number of amides is 2. The van der Waals surface area contributed by atoms with Gasteiger partial charge in [0.25, 0.3) is 11.8 Å². The molecule has 0 spiro atoms. The number of hydrazine groups is 1. The largest absolute Gasteiger partial charge is 0.419 e. The number of nitro benzene ring substituents is 1. The Morgan fingerprint density at radius 3 is 2.54 bits per heavy atom. The summed E-state index contributed by atoms with van der Waals surface area (Å²) in [5.41, 5.74) is 1.92. The third-order valence-electron chi connectivity index (χ3n) is 3.71. The number of carbonyl (C=O) groups excluding carboxylic acids is 3. The first-order valence-electron chi connectivity index (χ1n) is 7.86. The topological polar surface area (TPSA) is 119 Å². The highest BCUT2D eigenvalue weighted by molar-refractivity contribution is 6.32. The summed E-state index contributed by atoms with van der Waals surface area (Å²) in [5, 5.41) is 12.3. The Morgan fingerprint density at radius 2 is 1.93 bits per heavy atom. The Morgan fingerprint density at radius 1 is 1.25 bits per heavy atom. The summed E-state index contributed by atoms with van der Waals surface area (Å²) < 4.78 is 4.94. The molecule has 2 aromatic rings. The van der Waals surface area contributed by atoms with Gasteiger partial charge in [-0.05, 0) is 24.3 Å². The molecule has 142 valence electrons. The first kappa shape index (κ1) is 19.1. The summed E-state index contributed by atoms with van der Waals surface area (Å²) in [6.07, 6.45) is 1.10. The Kier molecular flexibility index (Phi) is 5.10. The Labute approximate surface area is 163 Å². The van der Waals surface area contributed by atoms with Gasteiger partial charge >= 0.3 is 11.7 Å². The first-order valence-corrected chi connectivity index (χ1v) is 8.24. The number of carbonyl (C=O) groups is 3. The van der Waals surface area contributed by atoms with Crippen LogP contribution >= 0.6 is 11.6 Å². The van der Waals surface area contributed by atoms with E-state index >= 15 is 0 Å². The molecule has 0 atom stereocenters. The Hall–Kier alpha value is -3.72. The zero-order chi connectivity index (χ0) is 20.4. The van der Waals surface area contributed by atoms with Gasteiger partial charge in [-0.3, -0.25) is 29.9 Å². The van der Waals surface area contributed by atoms with Crippen LogP contribution in [0.1, 0.15) is 12.5 Å². The maximum absolute atomic E-state index is 12.7. The summed E-state index contributed by atoms with van der Waals surface area (Å²) in [7, 11) is 0. The van der Waals surface area contributed by atoms with E-state index in [0.717, 1.165) is 24.1 Å². The van der Waals surface area contributed by atoms with E-state index in [0.29, 0.717) is 5.69 Å². The maximum Gasteiger partial charge on any atom is 0.313 e. The van der Waals surface area contributed by atoms with E-state index in [2.05, 4.69) is 5.43 Å². The van der Waals surface area contributed by atoms with Crippen LogP contribution < -0.4 is 15.2 Å². The molecule has 1 aliphatic heterocycles. The molecule has 10 heteroatoms. The molecule has 0 aromatic heterocycles. The fourth-order valence-corrected chi connectivity index (χ4v) is 2.79. The smallest absolute Gasteiger partial charge is 0.313 e. The van der Waals surface area contributed by atoms with Crippen molar-refractivity contribution in [2.24, 2.45) is 0 Å². The molecule has 2 aromatic carbocycles. The fourth-order valence-electron chi connectivity index (χ4n) is 2.57. The Balaban J connectivity index is 2.10. The number of nitro groups is 1. The number of hydrogen-bond donors (Lipinski definition) is 1. The van der Waals surface area contributed by atoms with Crippen molar-refractivity contribution in [3.63, 3.8) is 0 Å². The Bertz CT molecular complexity index is 1040. The highest BCUT2D eigenvalue weighted by Gasteiger charge is 2.35. The van der Waals surface area contributed by atoms with Crippen molar-refractivity contribution in [3.05, 3.63) is 68.7 Å². The van der Waals surface area contributed by atoms with Gasteiger partial charge in [-0.1, -0.05) is 29.8 Å². The average molecular weight is 402 g/mol. The molecule has 1 saturated heterocycles. The van der Waals surface area contributed by atoms with Crippen LogP contribution in [0.25, 0.3) is 6.08 Å². The van der Waals surface area contributed by atoms with E-state index in [-0.39, 0.29) is 16.2 Å². The predicted octanol–water partition coefficient (Wildman–Crippen LogP) is 2.63. The second-order valence-electron chi connectivity index (χ2n) is 5.67. The van der Waals surface area contributed by atoms with Gasteiger partial charge in [-0.15, -0.1) is 0 Å². The molecule has 28 heavy (non-hydrogen) atoms. The molecule has 2 amide bonds. The lowest BCUT2D eigenvalue weighted by atomic mass is 10.1. The molecule has 1 N–H and O–H groups in total. The first-order chi connectivity index (χ1) is 13.3. The van der Waals surface area contributed by atoms with E-state index in [9.17, 15) is 24.5 Å². The van der Waals surface area contributed by atoms with Crippen molar-refractivity contribution < 1.29 is 24.0 Å². The lowest BCUT2D eigenvalue weighted by Gasteiger charge is -2.13. The van der Waals surface area contributed by atoms with Crippen LogP contribution in [-0.4, -0.2) is 22.7 Å². The highest BCUT2D eigenvalue weighted by Crippen LogP contribution is 2.36. The number of anilines is 1. The maximum atomic E-state index is 12.7. The van der Waals surface area contributed by atoms with Crippen LogP contribution in [0.3, 0.4) is 0 Å². The van der Waals surface area contributed by atoms with Gasteiger partial charge < -0.3 is 4.74 Å². The number of ether oxygens (including phenoxy) is 1. The van der Waals surface area contributed by atoms with Crippen LogP contribution in [0.4, 0.5) is 11.4 Å². The number of esters is 1. The van der Waals surface area contributed by atoms with E-state index in [1.165, 1.54) is 6.07 Å². The minimum atomic E-state index is -0.807. The van der Waals surface area contributed by atoms with Crippen LogP contribution in [-0.2, 0) is 14.4 Å². The van der Waals surface area contributed by atoms with Crippen LogP contribution in [0.15, 0.2) is 48.0 Å². The molecule has 9 nitrogen and oxygen atoms in total. The zero-order valence-electron chi connectivity index (χ0n) is 14.3. The number of para-hydroxylation sites is 1. The van der Waals surface area contributed by atoms with Crippen LogP contribution in [0, 0.1) is 10.1 Å². The number of halogens is 1. The lowest BCUT2D eigenvalue weighted by molar-refractivity contribution is -0.385. The van der Waals surface area contributed by atoms with Gasteiger partial charge in [-0.2, -0.15) is 0 Å². The molecule has 0 unspecified atom stereocenters. The molecule has 3 rings (SSSR count). The van der Waals surface area contributed by atoms with Crippen molar-refractivity contribution in [2.45, 2.75) is 6.92 Å². The second kappa shape index (κ2) is 7.49. The van der Waals surface area contributed by atoms with E-state index < -0.39 is 34.1 Å². The quantitative estimate of drug-likeness (QED) is 0.210. The molecule has 0 bridgehead atoms. The summed E-state index contributed by atoms with van der Waals surface area (Å²) in [5.74, 6) is -2.61. The number of nitrogens with one attached hydrogen (secondary N) is 1. The van der Waals surface area contributed by atoms with Gasteiger partial charge in [0.15, 0.2) is 0 Å². The lowest BCUT2D eigenvalue weighted by Crippen LogP contribution is -2.35. The predicted molar refractivity (Wildman–Crippen MR) is 99.5 cm³/mol. The number of rotatable bonds is 4. The molecule has 0 aliphatic carbocycles. The minimum Gasteiger partial charge on any atom is -0.419 e. The van der Waals surface area contributed by atoms with Crippen molar-refractivity contribution in [2.75, 3.05) is 5.01 Å². The molecular formula is C18H12ClN3O6. The van der Waals surface area contributed by atoms with Gasteiger partial charge in [0.1, 0.15) is 5.57 Å². The van der Waals surface area contributed by atoms with Gasteiger partial charge in [0.05, 0.1) is 10.6 Å². The zero-order valence-corrected chi connectivity index (χ0v) is 15.1. The van der Waals surface area contributed by atoms with Gasteiger partial charge in [0, 0.05) is 23.6 Å². The molecule has 1 heterocycles. The molecule has 1 fully saturated rings. The molecule has 0 radical (unpaired) electrons. The van der Waals surface area contributed by atoms with E-state index in [4.69, 9.17) is 16.3 Å². The standard InChI is InChI=1S/C18H12ClN3O6/c1-10(23)28-16-11(7-12(19)9-15(16)22(26)27)8-14-17(24)20-21(18(14)25)13-5-3-2-4-6-13/h2-9H,1H3,(H,20,24)/b14-8-. The molecule has 0 saturated carbocycles. The fraction of sp³-hybridized carbons (Fsp3) is 0.0556. The van der Waals surface area contributed by atoms with Crippen LogP contribution in [0.5, 0.6) is 5.75 Å². The number of nitrogens with zero attached hydrogens (tertiary/aromatic N) is 2. The summed E-state index contributed by atoms with van der Waals surface area (Å²) in [4.78, 5) is 46.8. The molecule has 1 aliphatic rings. The normalized spacial score (nSPS) is 14.9. The van der Waals surface area contributed by atoms with Crippen molar-refractivity contribution >= 4 is 46.8 Å². The van der Waals surface area contributed by atoms with E-state index in [1.54, 1.807) is 30.3 Å². The number of hydrogen-bond acceptors (Lipinski definition) is 6. The number of benzene rings is 2. The van der Waals surface area contributed by atoms with Gasteiger partial charge in [0.2, 0.25) is 5.75 Å². The second-order valence-corrected chi connectivity index (χ2v) is 6.11. The highest BCUT2D eigenvalue weighted by atomic mass is 35.5. The summed E-state index contributed by atoms with van der Waals surface area (Å²) >= 11 is 5.92. The van der Waals surface area contributed by atoms with Crippen molar-refractivity contribution in [3.8, 4) is 5.75 Å². The van der Waals surface area contributed by atoms with Crippen molar-refractivity contribution in [1.29, 1.82) is 0 Å². The third kappa shape index (κ3) is 3.69. The van der Waals surface area contributed by atoms with Crippen LogP contribution in [0.2, 0.25) is 5.02 Å². The monoisotopic (exact) mass is 401 g/mol. The minimum absolute atomic E-state index is 0.0276. The molecular weight excluding hydrogens is 390 g/mol. The third-order valence-corrected chi connectivity index (χ3v) is 3.93. The van der Waals surface area contributed by atoms with E-state index in [1.807, 2.05) is 0 Å². The average Bonchev–Trinajstić information content (AvgIpc) is 2.92. The summed E-state index contributed by atoms with van der Waals surface area (Å²) in [6, 6.07) is 10.6. The summed E-state index contributed by atoms with van der Waals surface area (Å²) in [6.45, 7) is 1.07. The SMILES string of the molecule is CC(=O)Oc1c(/C=C2/C(=O)NN(c3ccccc3)C2=O)cc(Cl)cc1[N+](=O)[O-].